The topological polar surface area (TPSA) is 99.2 Å². The van der Waals surface area contributed by atoms with Gasteiger partial charge in [-0.25, -0.2) is 13.1 Å². The van der Waals surface area contributed by atoms with Crippen LogP contribution in [0.1, 0.15) is 54.4 Å². The lowest BCUT2D eigenvalue weighted by Crippen LogP contribution is -2.51. The third-order valence-corrected chi connectivity index (χ3v) is 12.1. The lowest BCUT2D eigenvalue weighted by Gasteiger charge is -2.56. The summed E-state index contributed by atoms with van der Waals surface area (Å²) in [6, 6.07) is 20.7. The van der Waals surface area contributed by atoms with Crippen LogP contribution >= 0.6 is 0 Å². The predicted molar refractivity (Wildman–Crippen MR) is 176 cm³/mol. The molecule has 8 rings (SSSR count). The van der Waals surface area contributed by atoms with E-state index in [2.05, 4.69) is 26.7 Å². The number of nitrogens with zero attached hydrogens (tertiary/aromatic N) is 2. The number of nitrogens with one attached hydrogen (secondary N) is 1. The monoisotopic (exact) mass is 629 g/mol. The molecule has 5 aliphatic rings. The van der Waals surface area contributed by atoms with Crippen LogP contribution in [0.25, 0.3) is 11.1 Å². The molecular weight excluding hydrogens is 586 g/mol. The van der Waals surface area contributed by atoms with Crippen molar-refractivity contribution in [2.45, 2.75) is 45.1 Å². The van der Waals surface area contributed by atoms with E-state index in [-0.39, 0.29) is 16.9 Å². The van der Waals surface area contributed by atoms with Crippen molar-refractivity contribution in [1.82, 2.24) is 9.62 Å². The number of piperazine rings is 1. The van der Waals surface area contributed by atoms with Crippen molar-refractivity contribution < 1.29 is 23.1 Å². The normalized spacial score (nSPS) is 26.2. The summed E-state index contributed by atoms with van der Waals surface area (Å²) in [7, 11) is -2.03. The summed E-state index contributed by atoms with van der Waals surface area (Å²) in [6.45, 7) is 4.21. The van der Waals surface area contributed by atoms with E-state index in [1.165, 1.54) is 19.3 Å². The minimum atomic E-state index is -3.71. The number of aromatic hydroxyl groups is 1. The van der Waals surface area contributed by atoms with E-state index >= 15 is 0 Å². The molecule has 45 heavy (non-hydrogen) atoms. The summed E-state index contributed by atoms with van der Waals surface area (Å²) in [5.41, 5.74) is 4.30. The van der Waals surface area contributed by atoms with Gasteiger partial charge in [0.15, 0.2) is 0 Å². The molecule has 1 amide bonds. The van der Waals surface area contributed by atoms with Crippen LogP contribution in [0.15, 0.2) is 66.7 Å². The number of methoxy groups -OCH3 is 1. The number of phenolic OH excluding ortho intramolecular Hbond substituents is 1. The number of benzene rings is 3. The van der Waals surface area contributed by atoms with Crippen molar-refractivity contribution in [2.75, 3.05) is 43.9 Å². The molecular formula is C36H43N3O5S. The van der Waals surface area contributed by atoms with Gasteiger partial charge in [-0.15, -0.1) is 0 Å². The third-order valence-electron chi connectivity index (χ3n) is 10.6. The van der Waals surface area contributed by atoms with Gasteiger partial charge in [0.1, 0.15) is 11.5 Å². The molecule has 5 fully saturated rings. The summed E-state index contributed by atoms with van der Waals surface area (Å²) < 4.78 is 34.4. The van der Waals surface area contributed by atoms with Crippen LogP contribution in [0.5, 0.6) is 11.5 Å². The molecule has 0 unspecified atom stereocenters. The molecule has 3 aromatic rings. The van der Waals surface area contributed by atoms with E-state index in [4.69, 9.17) is 4.74 Å². The fourth-order valence-electron chi connectivity index (χ4n) is 9.08. The Hall–Kier alpha value is -3.56. The number of carbonyl (C=O) groups is 1. The summed E-state index contributed by atoms with van der Waals surface area (Å²) in [4.78, 5) is 17.7. The maximum atomic E-state index is 13.1. The Morgan fingerprint density at radius 2 is 1.53 bits per heavy atom. The molecule has 3 aromatic carbocycles. The summed E-state index contributed by atoms with van der Waals surface area (Å²) in [5, 5.41) is 9.85. The Kier molecular flexibility index (Phi) is 8.02. The first-order valence-electron chi connectivity index (χ1n) is 16.2. The molecule has 1 aliphatic heterocycles. The number of sulfonamides is 1. The van der Waals surface area contributed by atoms with Crippen LogP contribution in [0.3, 0.4) is 0 Å². The Morgan fingerprint density at radius 3 is 2.16 bits per heavy atom. The Morgan fingerprint density at radius 1 is 0.889 bits per heavy atom. The van der Waals surface area contributed by atoms with Gasteiger partial charge in [-0.05, 0) is 115 Å². The number of phenols is 1. The zero-order chi connectivity index (χ0) is 31.2. The summed E-state index contributed by atoms with van der Waals surface area (Å²) >= 11 is 0. The average Bonchev–Trinajstić information content (AvgIpc) is 3.00. The standard InChI is InChI=1S/C36H43N3O5S/c1-44-34-19-30(29-3-2-4-33(40)18-29)5-6-31(34)23-38-11-13-39(14-12-38)32-9-7-28(8-10-32)35(41)37-45(42,43)24-36-20-25-15-26(21-36)17-27(16-25)22-36/h2-10,18-19,25-27,40H,11-17,20-24H2,1H3,(H,37,41). The fourth-order valence-corrected chi connectivity index (χ4v) is 10.7. The summed E-state index contributed by atoms with van der Waals surface area (Å²) in [6.07, 6.45) is 6.77. The second-order valence-electron chi connectivity index (χ2n) is 14.0. The number of carbonyl (C=O) groups excluding carboxylic acids is 1. The number of rotatable bonds is 9. The fraction of sp³-hybridized carbons (Fsp3) is 0.472. The second kappa shape index (κ2) is 12.0. The van der Waals surface area contributed by atoms with Crippen molar-refractivity contribution in [1.29, 1.82) is 0 Å². The van der Waals surface area contributed by atoms with E-state index in [1.54, 1.807) is 31.4 Å². The molecule has 0 radical (unpaired) electrons. The van der Waals surface area contributed by atoms with E-state index < -0.39 is 15.9 Å². The summed E-state index contributed by atoms with van der Waals surface area (Å²) in [5.74, 6) is 2.60. The molecule has 4 bridgehead atoms. The van der Waals surface area contributed by atoms with Crippen molar-refractivity contribution in [3.63, 3.8) is 0 Å². The van der Waals surface area contributed by atoms with Crippen molar-refractivity contribution in [3.05, 3.63) is 77.9 Å². The SMILES string of the molecule is COc1cc(-c2cccc(O)c2)ccc1CN1CCN(c2ccc(C(=O)NS(=O)(=O)CC34CC5CC(CC(C5)C3)C4)cc2)CC1. The first-order valence-corrected chi connectivity index (χ1v) is 17.9. The van der Waals surface area contributed by atoms with Gasteiger partial charge in [-0.1, -0.05) is 24.3 Å². The number of hydrogen-bond acceptors (Lipinski definition) is 7. The average molecular weight is 630 g/mol. The Bertz CT molecular complexity index is 1630. The number of amides is 1. The maximum absolute atomic E-state index is 13.1. The highest BCUT2D eigenvalue weighted by Crippen LogP contribution is 2.60. The lowest BCUT2D eigenvalue weighted by atomic mass is 9.50. The van der Waals surface area contributed by atoms with Gasteiger partial charge in [0.25, 0.3) is 5.91 Å². The Balaban J connectivity index is 0.925. The molecule has 0 atom stereocenters. The van der Waals surface area contributed by atoms with Gasteiger partial charge >= 0.3 is 0 Å². The molecule has 0 spiro atoms. The van der Waals surface area contributed by atoms with Gasteiger partial charge in [-0.3, -0.25) is 9.69 Å². The predicted octanol–water partition coefficient (Wildman–Crippen LogP) is 5.67. The zero-order valence-electron chi connectivity index (χ0n) is 26.0. The third kappa shape index (κ3) is 6.56. The molecule has 9 heteroatoms. The van der Waals surface area contributed by atoms with E-state index in [9.17, 15) is 18.3 Å². The smallest absolute Gasteiger partial charge is 0.264 e. The van der Waals surface area contributed by atoms with Crippen LogP contribution in [0.4, 0.5) is 5.69 Å². The van der Waals surface area contributed by atoms with E-state index in [0.717, 1.165) is 80.1 Å². The lowest BCUT2D eigenvalue weighted by molar-refractivity contribution is -0.0391. The number of hydrogen-bond donors (Lipinski definition) is 2. The molecule has 0 aromatic heterocycles. The van der Waals surface area contributed by atoms with Crippen molar-refractivity contribution in [2.24, 2.45) is 23.2 Å². The molecule has 4 saturated carbocycles. The van der Waals surface area contributed by atoms with Gasteiger partial charge in [0.2, 0.25) is 10.0 Å². The van der Waals surface area contributed by atoms with Gasteiger partial charge in [0.05, 0.1) is 12.9 Å². The maximum Gasteiger partial charge on any atom is 0.264 e. The highest BCUT2D eigenvalue weighted by molar-refractivity contribution is 7.90. The molecule has 4 aliphatic carbocycles. The van der Waals surface area contributed by atoms with Gasteiger partial charge in [-0.2, -0.15) is 0 Å². The molecule has 1 saturated heterocycles. The van der Waals surface area contributed by atoms with Crippen LogP contribution in [0.2, 0.25) is 0 Å². The highest BCUT2D eigenvalue weighted by atomic mass is 32.2. The number of anilines is 1. The minimum Gasteiger partial charge on any atom is -0.508 e. The minimum absolute atomic E-state index is 0.0746. The first-order chi connectivity index (χ1) is 21.7. The number of ether oxygens (including phenoxy) is 1. The Labute approximate surface area is 266 Å². The van der Waals surface area contributed by atoms with Gasteiger partial charge < -0.3 is 14.7 Å². The van der Waals surface area contributed by atoms with Crippen LogP contribution < -0.4 is 14.4 Å². The van der Waals surface area contributed by atoms with E-state index in [1.807, 2.05) is 30.3 Å². The first kappa shape index (κ1) is 30.1. The van der Waals surface area contributed by atoms with Crippen molar-refractivity contribution >= 4 is 21.6 Å². The zero-order valence-corrected chi connectivity index (χ0v) is 26.8. The second-order valence-corrected chi connectivity index (χ2v) is 15.7. The largest absolute Gasteiger partial charge is 0.508 e. The quantitative estimate of drug-likeness (QED) is 0.315. The van der Waals surface area contributed by atoms with Gasteiger partial charge in [0, 0.05) is 49.5 Å². The van der Waals surface area contributed by atoms with E-state index in [0.29, 0.717) is 23.3 Å². The van der Waals surface area contributed by atoms with Crippen LogP contribution in [0, 0.1) is 23.2 Å². The van der Waals surface area contributed by atoms with Crippen LogP contribution in [-0.4, -0.2) is 63.4 Å². The highest BCUT2D eigenvalue weighted by Gasteiger charge is 2.52. The molecule has 238 valence electrons. The molecule has 2 N–H and O–H groups in total. The van der Waals surface area contributed by atoms with Crippen LogP contribution in [-0.2, 0) is 16.6 Å². The molecule has 1 heterocycles. The molecule has 8 nitrogen and oxygen atoms in total. The van der Waals surface area contributed by atoms with Crippen molar-refractivity contribution in [3.8, 4) is 22.6 Å².